The lowest BCUT2D eigenvalue weighted by Gasteiger charge is -2.11. The molecule has 0 aliphatic carbocycles. The summed E-state index contributed by atoms with van der Waals surface area (Å²) >= 11 is 2.72. The zero-order chi connectivity index (χ0) is 5.11. The van der Waals surface area contributed by atoms with Crippen molar-refractivity contribution >= 4 is 26.7 Å². The highest BCUT2D eigenvalue weighted by Gasteiger charge is 2.18. The molecule has 1 aliphatic rings. The van der Waals surface area contributed by atoms with Gasteiger partial charge in [0, 0.05) is 6.61 Å². The minimum absolute atomic E-state index is 0.782. The molecule has 0 aromatic carbocycles. The number of rotatable bonds is 0. The third-order valence-electron chi connectivity index (χ3n) is 1.12. The third kappa shape index (κ3) is 2.14. The van der Waals surface area contributed by atoms with Crippen LogP contribution in [0.15, 0.2) is 0 Å². The molecule has 0 atom stereocenters. The Kier molecular flexibility index (Phi) is 2.69. The first-order valence-electron chi connectivity index (χ1n) is 2.65. The lowest BCUT2D eigenvalue weighted by Crippen LogP contribution is -2.15. The van der Waals surface area contributed by atoms with Crippen LogP contribution in [0.3, 0.4) is 0 Å². The molecule has 0 aromatic rings. The monoisotopic (exact) mass is 178 g/mol. The van der Waals surface area contributed by atoms with Gasteiger partial charge in [-0.2, -0.15) is 14.1 Å². The second-order valence-electron chi connectivity index (χ2n) is 1.78. The molecule has 0 spiro atoms. The molecular formula is C4H8AlBrO. The molecule has 1 nitrogen and oxygen atoms in total. The van der Waals surface area contributed by atoms with E-state index in [-0.39, 0.29) is 0 Å². The van der Waals surface area contributed by atoms with Crippen molar-refractivity contribution in [2.24, 2.45) is 0 Å². The summed E-state index contributed by atoms with van der Waals surface area (Å²) in [5, 5.41) is 1.32. The molecule has 0 aromatic heterocycles. The zero-order valence-electron chi connectivity index (χ0n) is 4.19. The number of hydrogen-bond acceptors (Lipinski definition) is 1. The van der Waals surface area contributed by atoms with Gasteiger partial charge >= 0.3 is 12.7 Å². The van der Waals surface area contributed by atoms with Gasteiger partial charge in [0.2, 0.25) is 0 Å². The van der Waals surface area contributed by atoms with Crippen LogP contribution in [-0.2, 0) is 3.79 Å². The Morgan fingerprint density at radius 3 is 2.57 bits per heavy atom. The maximum atomic E-state index is 5.33. The molecule has 0 unspecified atom stereocenters. The molecule has 1 heterocycles. The van der Waals surface area contributed by atoms with Gasteiger partial charge in [-0.05, 0) is 6.42 Å². The summed E-state index contributed by atoms with van der Waals surface area (Å²) in [7, 11) is 0. The second-order valence-corrected chi connectivity index (χ2v) is 6.57. The van der Waals surface area contributed by atoms with Crippen molar-refractivity contribution in [3.8, 4) is 0 Å². The summed E-state index contributed by atoms with van der Waals surface area (Å²) in [4.78, 5) is 0. The van der Waals surface area contributed by atoms with Crippen LogP contribution in [0.2, 0.25) is 5.28 Å². The first-order chi connectivity index (χ1) is 3.39. The highest BCUT2D eigenvalue weighted by atomic mass is 79.9. The molecule has 1 rings (SSSR count). The molecule has 0 saturated carbocycles. The van der Waals surface area contributed by atoms with E-state index < -0.39 is 12.7 Å². The van der Waals surface area contributed by atoms with Gasteiger partial charge in [-0.25, -0.2) is 0 Å². The van der Waals surface area contributed by atoms with Crippen molar-refractivity contribution in [3.05, 3.63) is 0 Å². The van der Waals surface area contributed by atoms with E-state index >= 15 is 0 Å². The third-order valence-corrected chi connectivity index (χ3v) is 4.75. The Balaban J connectivity index is 2.12. The topological polar surface area (TPSA) is 9.23 Å². The van der Waals surface area contributed by atoms with E-state index in [0.29, 0.717) is 0 Å². The highest BCUT2D eigenvalue weighted by molar-refractivity contribution is 9.24. The van der Waals surface area contributed by atoms with Crippen molar-refractivity contribution in [3.63, 3.8) is 0 Å². The molecular weight excluding hydrogens is 171 g/mol. The summed E-state index contributed by atoms with van der Waals surface area (Å²) in [6.45, 7) is 1.00. The fourth-order valence-electron chi connectivity index (χ4n) is 0.701. The van der Waals surface area contributed by atoms with E-state index in [1.165, 1.54) is 18.1 Å². The summed E-state index contributed by atoms with van der Waals surface area (Å²) in [6, 6.07) is 0. The van der Waals surface area contributed by atoms with Crippen LogP contribution < -0.4 is 0 Å². The first-order valence-corrected chi connectivity index (χ1v) is 7.12. The van der Waals surface area contributed by atoms with Gasteiger partial charge in [-0.1, -0.05) is 11.7 Å². The Hall–Kier alpha value is 0.972. The van der Waals surface area contributed by atoms with Gasteiger partial charge in [-0.15, -0.1) is 0 Å². The second kappa shape index (κ2) is 3.09. The van der Waals surface area contributed by atoms with Gasteiger partial charge in [-0.3, -0.25) is 0 Å². The first kappa shape index (κ1) is 6.10. The molecule has 1 fully saturated rings. The lowest BCUT2D eigenvalue weighted by molar-refractivity contribution is 0.301. The van der Waals surface area contributed by atoms with Crippen LogP contribution >= 0.6 is 14.1 Å². The normalized spacial score (nSPS) is 22.7. The lowest BCUT2D eigenvalue weighted by atomic mass is 10.4. The van der Waals surface area contributed by atoms with Crippen molar-refractivity contribution in [2.75, 3.05) is 6.61 Å². The summed E-state index contributed by atoms with van der Waals surface area (Å²) in [6.07, 6.45) is 2.65. The van der Waals surface area contributed by atoms with Crippen molar-refractivity contribution in [1.82, 2.24) is 0 Å². The Morgan fingerprint density at radius 1 is 1.43 bits per heavy atom. The average Bonchev–Trinajstić information content (AvgIpc) is 1.69. The van der Waals surface area contributed by atoms with Crippen LogP contribution in [-0.4, -0.2) is 19.3 Å². The quantitative estimate of drug-likeness (QED) is 0.514. The van der Waals surface area contributed by atoms with Crippen LogP contribution in [0.1, 0.15) is 12.8 Å². The average molecular weight is 179 g/mol. The fraction of sp³-hybridized carbons (Fsp3) is 1.00. The summed E-state index contributed by atoms with van der Waals surface area (Å²) in [5.74, 6) is 0. The van der Waals surface area contributed by atoms with Gasteiger partial charge in [0.1, 0.15) is 0 Å². The Morgan fingerprint density at radius 2 is 2.29 bits per heavy atom. The molecule has 0 radical (unpaired) electrons. The maximum absolute atomic E-state index is 5.33. The van der Waals surface area contributed by atoms with E-state index in [1.54, 1.807) is 0 Å². The summed E-state index contributed by atoms with van der Waals surface area (Å²) in [5.41, 5.74) is 0. The van der Waals surface area contributed by atoms with E-state index in [4.69, 9.17) is 3.79 Å². The van der Waals surface area contributed by atoms with Crippen molar-refractivity contribution in [1.29, 1.82) is 0 Å². The SMILES string of the molecule is [Br][Al]1[CH2]CCC[O]1. The number of hydrogen-bond donors (Lipinski definition) is 0. The molecule has 1 saturated heterocycles. The van der Waals surface area contributed by atoms with Crippen molar-refractivity contribution < 1.29 is 3.79 Å². The largest absolute Gasteiger partial charge is 0.557 e. The molecule has 40 valence electrons. The number of halogens is 1. The zero-order valence-corrected chi connectivity index (χ0v) is 6.93. The van der Waals surface area contributed by atoms with Crippen LogP contribution in [0.25, 0.3) is 0 Å². The predicted octanol–water partition coefficient (Wildman–Crippen LogP) is 1.68. The highest BCUT2D eigenvalue weighted by Crippen LogP contribution is 2.14. The molecule has 0 bridgehead atoms. The fourth-order valence-corrected chi connectivity index (χ4v) is 3.43. The minimum Gasteiger partial charge on any atom is -0.492 e. The molecule has 3 heteroatoms. The minimum atomic E-state index is -0.782. The summed E-state index contributed by atoms with van der Waals surface area (Å²) < 4.78 is 5.33. The predicted molar refractivity (Wildman–Crippen MR) is 34.7 cm³/mol. The standard InChI is InChI=1S/C4H8O.Al.BrH/c1-2-3-4-5;;/h1-4H2;;1H/q-1;+2;/p-1. The van der Waals surface area contributed by atoms with Crippen LogP contribution in [0.4, 0.5) is 0 Å². The molecule has 0 amide bonds. The Bertz CT molecular complexity index is 53.7. The molecule has 0 N–H and O–H groups in total. The van der Waals surface area contributed by atoms with Crippen LogP contribution in [0, 0.1) is 0 Å². The van der Waals surface area contributed by atoms with Gasteiger partial charge in [0.25, 0.3) is 0 Å². The van der Waals surface area contributed by atoms with Gasteiger partial charge in [0.15, 0.2) is 0 Å². The van der Waals surface area contributed by atoms with Crippen molar-refractivity contribution in [2.45, 2.75) is 18.1 Å². The van der Waals surface area contributed by atoms with Gasteiger partial charge < -0.3 is 3.79 Å². The van der Waals surface area contributed by atoms with E-state index in [1.807, 2.05) is 0 Å². The van der Waals surface area contributed by atoms with E-state index in [2.05, 4.69) is 14.1 Å². The van der Waals surface area contributed by atoms with Crippen LogP contribution in [0.5, 0.6) is 0 Å². The smallest absolute Gasteiger partial charge is 0.492 e. The maximum Gasteiger partial charge on any atom is 0.557 e. The Labute approximate surface area is 55.4 Å². The van der Waals surface area contributed by atoms with E-state index in [9.17, 15) is 0 Å². The van der Waals surface area contributed by atoms with E-state index in [0.717, 1.165) is 6.61 Å². The van der Waals surface area contributed by atoms with Gasteiger partial charge in [0.05, 0.1) is 0 Å². The molecule has 7 heavy (non-hydrogen) atoms. The molecule has 1 aliphatic heterocycles.